The zero-order valence-electron chi connectivity index (χ0n) is 7.62. The average Bonchev–Trinajstić information content (AvgIpc) is 2.07. The predicted molar refractivity (Wildman–Crippen MR) is 51.5 cm³/mol. The first-order valence-corrected chi connectivity index (χ1v) is 3.96. The molecule has 0 aliphatic rings. The molecule has 1 amide bonds. The second kappa shape index (κ2) is 4.36. The van der Waals surface area contributed by atoms with Crippen molar-refractivity contribution >= 4 is 17.6 Å². The number of nitrogens with one attached hydrogen (secondary N) is 1. The van der Waals surface area contributed by atoms with Gasteiger partial charge in [0.1, 0.15) is 11.5 Å². The maximum atomic E-state index is 13.0. The summed E-state index contributed by atoms with van der Waals surface area (Å²) in [7, 11) is 0. The summed E-state index contributed by atoms with van der Waals surface area (Å²) in [5.74, 6) is -0.953. The third kappa shape index (κ3) is 2.85. The summed E-state index contributed by atoms with van der Waals surface area (Å²) in [5, 5.41) is 2.24. The fourth-order valence-electron chi connectivity index (χ4n) is 0.880. The minimum Gasteiger partial charge on any atom is -0.369 e. The summed E-state index contributed by atoms with van der Waals surface area (Å²) in [5.41, 5.74) is 5.42. The predicted octanol–water partition coefficient (Wildman–Crippen LogP) is 0.908. The van der Waals surface area contributed by atoms with Crippen molar-refractivity contribution in [1.82, 2.24) is 5.32 Å². The molecular weight excluding hydrogens is 185 g/mol. The Kier molecular flexibility index (Phi) is 3.17. The third-order valence-corrected chi connectivity index (χ3v) is 1.40. The van der Waals surface area contributed by atoms with Gasteiger partial charge in [0.05, 0.1) is 0 Å². The van der Waals surface area contributed by atoms with Gasteiger partial charge in [-0.05, 0) is 12.1 Å². The molecule has 0 fully saturated rings. The Hall–Kier alpha value is -1.91. The standard InChI is InChI=1S/C9H10FN3O/c1-6(14)12-9(11)13-8-5-3-2-4-7(8)10/h2-5H,1H3,(H3,11,12,13,14). The van der Waals surface area contributed by atoms with Crippen molar-refractivity contribution in [2.24, 2.45) is 10.7 Å². The highest BCUT2D eigenvalue weighted by molar-refractivity contribution is 5.96. The molecule has 74 valence electrons. The minimum atomic E-state index is -0.485. The van der Waals surface area contributed by atoms with Crippen LogP contribution in [0.15, 0.2) is 29.3 Å². The minimum absolute atomic E-state index is 0.0961. The molecule has 0 spiro atoms. The number of hydrogen-bond donors (Lipinski definition) is 2. The summed E-state index contributed by atoms with van der Waals surface area (Å²) in [6.45, 7) is 1.30. The van der Waals surface area contributed by atoms with Gasteiger partial charge in [-0.15, -0.1) is 0 Å². The molecule has 1 rings (SSSR count). The molecule has 14 heavy (non-hydrogen) atoms. The van der Waals surface area contributed by atoms with Crippen LogP contribution in [0.25, 0.3) is 0 Å². The van der Waals surface area contributed by atoms with Gasteiger partial charge in [0.25, 0.3) is 0 Å². The summed E-state index contributed by atoms with van der Waals surface area (Å²) in [6.07, 6.45) is 0. The molecule has 5 heteroatoms. The lowest BCUT2D eigenvalue weighted by atomic mass is 10.3. The number of rotatable bonds is 1. The Labute approximate surface area is 80.6 Å². The van der Waals surface area contributed by atoms with Crippen LogP contribution in [-0.4, -0.2) is 11.9 Å². The Morgan fingerprint density at radius 1 is 1.50 bits per heavy atom. The smallest absolute Gasteiger partial charge is 0.223 e. The molecule has 0 heterocycles. The van der Waals surface area contributed by atoms with Crippen LogP contribution in [0.1, 0.15) is 6.92 Å². The largest absolute Gasteiger partial charge is 0.369 e. The fourth-order valence-corrected chi connectivity index (χ4v) is 0.880. The van der Waals surface area contributed by atoms with Gasteiger partial charge in [0.15, 0.2) is 0 Å². The lowest BCUT2D eigenvalue weighted by Gasteiger charge is -2.00. The molecule has 0 bridgehead atoms. The lowest BCUT2D eigenvalue weighted by Crippen LogP contribution is -2.34. The van der Waals surface area contributed by atoms with E-state index in [9.17, 15) is 9.18 Å². The Morgan fingerprint density at radius 3 is 2.71 bits per heavy atom. The number of guanidine groups is 1. The molecule has 0 unspecified atom stereocenters. The quantitative estimate of drug-likeness (QED) is 0.516. The van der Waals surface area contributed by atoms with Gasteiger partial charge in [0.2, 0.25) is 11.9 Å². The zero-order valence-corrected chi connectivity index (χ0v) is 7.62. The number of para-hydroxylation sites is 1. The highest BCUT2D eigenvalue weighted by atomic mass is 19.1. The number of aliphatic imine (C=N–C) groups is 1. The van der Waals surface area contributed by atoms with Crippen molar-refractivity contribution in [1.29, 1.82) is 0 Å². The van der Waals surface area contributed by atoms with Gasteiger partial charge in [-0.3, -0.25) is 10.1 Å². The first-order valence-electron chi connectivity index (χ1n) is 3.96. The van der Waals surface area contributed by atoms with E-state index in [1.807, 2.05) is 0 Å². The topological polar surface area (TPSA) is 67.5 Å². The van der Waals surface area contributed by atoms with E-state index >= 15 is 0 Å². The van der Waals surface area contributed by atoms with E-state index in [0.717, 1.165) is 0 Å². The van der Waals surface area contributed by atoms with Crippen LogP contribution < -0.4 is 11.1 Å². The van der Waals surface area contributed by atoms with Crippen LogP contribution in [0.2, 0.25) is 0 Å². The first-order chi connectivity index (χ1) is 6.59. The SMILES string of the molecule is CC(=O)NC(N)=Nc1ccccc1F. The molecule has 0 aliphatic heterocycles. The fraction of sp³-hybridized carbons (Fsp3) is 0.111. The third-order valence-electron chi connectivity index (χ3n) is 1.40. The highest BCUT2D eigenvalue weighted by Crippen LogP contribution is 2.15. The second-order valence-electron chi connectivity index (χ2n) is 2.63. The number of halogens is 1. The number of nitrogens with zero attached hydrogens (tertiary/aromatic N) is 1. The molecule has 3 N–H and O–H groups in total. The van der Waals surface area contributed by atoms with Gasteiger partial charge in [0, 0.05) is 6.92 Å². The van der Waals surface area contributed by atoms with Gasteiger partial charge in [-0.1, -0.05) is 12.1 Å². The van der Waals surface area contributed by atoms with Crippen LogP contribution in [-0.2, 0) is 4.79 Å². The molecule has 1 aromatic carbocycles. The van der Waals surface area contributed by atoms with E-state index in [-0.39, 0.29) is 17.6 Å². The lowest BCUT2D eigenvalue weighted by molar-refractivity contribution is -0.117. The Balaban J connectivity index is 2.86. The molecule has 1 aromatic rings. The van der Waals surface area contributed by atoms with E-state index in [1.165, 1.54) is 19.1 Å². The normalized spacial score (nSPS) is 11.1. The molecule has 0 radical (unpaired) electrons. The van der Waals surface area contributed by atoms with Crippen molar-refractivity contribution in [2.45, 2.75) is 6.92 Å². The number of hydrogen-bond acceptors (Lipinski definition) is 2. The number of nitrogens with two attached hydrogens (primary N) is 1. The van der Waals surface area contributed by atoms with Gasteiger partial charge < -0.3 is 5.73 Å². The van der Waals surface area contributed by atoms with E-state index in [0.29, 0.717) is 0 Å². The summed E-state index contributed by atoms with van der Waals surface area (Å²) >= 11 is 0. The molecule has 0 aliphatic carbocycles. The van der Waals surface area contributed by atoms with Crippen LogP contribution in [0.4, 0.5) is 10.1 Å². The zero-order chi connectivity index (χ0) is 10.6. The van der Waals surface area contributed by atoms with E-state index < -0.39 is 5.82 Å². The van der Waals surface area contributed by atoms with Crippen molar-refractivity contribution in [2.75, 3.05) is 0 Å². The number of amides is 1. The Morgan fingerprint density at radius 2 is 2.14 bits per heavy atom. The van der Waals surface area contributed by atoms with Crippen molar-refractivity contribution in [3.05, 3.63) is 30.1 Å². The Bertz CT molecular complexity index is 376. The molecule has 0 aromatic heterocycles. The van der Waals surface area contributed by atoms with E-state index in [4.69, 9.17) is 5.73 Å². The maximum Gasteiger partial charge on any atom is 0.223 e. The van der Waals surface area contributed by atoms with E-state index in [2.05, 4.69) is 10.3 Å². The van der Waals surface area contributed by atoms with Crippen molar-refractivity contribution < 1.29 is 9.18 Å². The molecule has 4 nitrogen and oxygen atoms in total. The van der Waals surface area contributed by atoms with Crippen molar-refractivity contribution in [3.8, 4) is 0 Å². The molecule has 0 atom stereocenters. The molecule has 0 saturated heterocycles. The first kappa shape index (κ1) is 10.2. The maximum absolute atomic E-state index is 13.0. The highest BCUT2D eigenvalue weighted by Gasteiger charge is 2.00. The van der Waals surface area contributed by atoms with Crippen LogP contribution in [0, 0.1) is 5.82 Å². The number of benzene rings is 1. The summed E-state index contributed by atoms with van der Waals surface area (Å²) in [6, 6.07) is 5.90. The van der Waals surface area contributed by atoms with Crippen molar-refractivity contribution in [3.63, 3.8) is 0 Å². The van der Waals surface area contributed by atoms with Crippen LogP contribution in [0.3, 0.4) is 0 Å². The summed E-state index contributed by atoms with van der Waals surface area (Å²) < 4.78 is 13.0. The number of carbonyl (C=O) groups is 1. The number of carbonyl (C=O) groups excluding carboxylic acids is 1. The summed E-state index contributed by atoms with van der Waals surface area (Å²) in [4.78, 5) is 14.2. The molecule has 0 saturated carbocycles. The van der Waals surface area contributed by atoms with Gasteiger partial charge in [-0.2, -0.15) is 0 Å². The van der Waals surface area contributed by atoms with Crippen LogP contribution >= 0.6 is 0 Å². The second-order valence-corrected chi connectivity index (χ2v) is 2.63. The van der Waals surface area contributed by atoms with Gasteiger partial charge >= 0.3 is 0 Å². The molecular formula is C9H10FN3O. The monoisotopic (exact) mass is 195 g/mol. The van der Waals surface area contributed by atoms with E-state index in [1.54, 1.807) is 12.1 Å². The average molecular weight is 195 g/mol. The van der Waals surface area contributed by atoms with Gasteiger partial charge in [-0.25, -0.2) is 9.38 Å². The van der Waals surface area contributed by atoms with Crippen LogP contribution in [0.5, 0.6) is 0 Å².